The molecule has 0 N–H and O–H groups in total. The molecule has 0 unspecified atom stereocenters. The van der Waals surface area contributed by atoms with Crippen LogP contribution in [-0.4, -0.2) is 67.0 Å². The van der Waals surface area contributed by atoms with E-state index in [-0.39, 0.29) is 11.7 Å². The van der Waals surface area contributed by atoms with Crippen molar-refractivity contribution in [2.45, 2.75) is 26.8 Å². The lowest BCUT2D eigenvalue weighted by Crippen LogP contribution is -2.49. The quantitative estimate of drug-likeness (QED) is 0.746. The molecule has 2 aliphatic rings. The molecule has 2 aliphatic heterocycles. The Hall–Kier alpha value is -2.45. The van der Waals surface area contributed by atoms with Gasteiger partial charge in [-0.25, -0.2) is 13.4 Å². The fraction of sp³-hybridized carbons (Fsp3) is 0.455. The van der Waals surface area contributed by atoms with Gasteiger partial charge in [-0.15, -0.1) is 0 Å². The van der Waals surface area contributed by atoms with Crippen LogP contribution in [0.3, 0.4) is 0 Å². The molecule has 1 aromatic heterocycles. The Morgan fingerprint density at radius 1 is 1.03 bits per heavy atom. The van der Waals surface area contributed by atoms with Crippen molar-refractivity contribution in [2.75, 3.05) is 43.4 Å². The maximum Gasteiger partial charge on any atom is 0.253 e. The number of benzene rings is 1. The minimum atomic E-state index is -3.11. The monoisotopic (exact) mass is 428 g/mol. The number of amides is 1. The van der Waals surface area contributed by atoms with Gasteiger partial charge in [0.1, 0.15) is 5.82 Å². The third kappa shape index (κ3) is 4.34. The van der Waals surface area contributed by atoms with E-state index in [2.05, 4.69) is 22.9 Å². The van der Waals surface area contributed by atoms with Crippen LogP contribution >= 0.6 is 0 Å². The van der Waals surface area contributed by atoms with E-state index < -0.39 is 10.0 Å². The van der Waals surface area contributed by atoms with Gasteiger partial charge in [-0.05, 0) is 49.1 Å². The largest absolute Gasteiger partial charge is 0.353 e. The Balaban J connectivity index is 1.36. The van der Waals surface area contributed by atoms with Crippen molar-refractivity contribution in [1.82, 2.24) is 14.2 Å². The van der Waals surface area contributed by atoms with Gasteiger partial charge in [-0.1, -0.05) is 18.2 Å². The average molecular weight is 429 g/mol. The van der Waals surface area contributed by atoms with E-state index in [0.717, 1.165) is 35.6 Å². The molecule has 0 bridgehead atoms. The summed E-state index contributed by atoms with van der Waals surface area (Å²) in [5, 5.41) is 0. The lowest BCUT2D eigenvalue weighted by Gasteiger charge is -2.36. The second kappa shape index (κ2) is 8.35. The maximum absolute atomic E-state index is 12.9. The van der Waals surface area contributed by atoms with Crippen molar-refractivity contribution in [3.8, 4) is 0 Å². The first-order valence-electron chi connectivity index (χ1n) is 10.4. The Bertz CT molecular complexity index is 1030. The summed E-state index contributed by atoms with van der Waals surface area (Å²) in [6, 6.07) is 9.46. The molecule has 7 nitrogen and oxygen atoms in total. The zero-order chi connectivity index (χ0) is 21.3. The van der Waals surface area contributed by atoms with Crippen LogP contribution in [0.25, 0.3) is 0 Å². The van der Waals surface area contributed by atoms with E-state index >= 15 is 0 Å². The summed E-state index contributed by atoms with van der Waals surface area (Å²) in [6.07, 6.45) is 2.57. The fourth-order valence-corrected chi connectivity index (χ4v) is 5.67. The Labute approximate surface area is 178 Å². The van der Waals surface area contributed by atoms with Gasteiger partial charge in [-0.3, -0.25) is 4.79 Å². The molecule has 4 rings (SSSR count). The first-order valence-corrected chi connectivity index (χ1v) is 12.0. The molecule has 3 heterocycles. The number of hydrogen-bond acceptors (Lipinski definition) is 5. The van der Waals surface area contributed by atoms with Crippen LogP contribution in [0.2, 0.25) is 0 Å². The minimum absolute atomic E-state index is 0.0172. The standard InChI is InChI=1S/C22H28N4O3S/c1-17-14-18(2)21(23-15-17)24-9-11-25(12-10-24)22(27)20-6-4-19(5-7-20)16-26-8-3-13-30(26,28)29/h4-7,14-15H,3,8-13,16H2,1-2H3. The maximum atomic E-state index is 12.9. The van der Waals surface area contributed by atoms with Crippen LogP contribution in [-0.2, 0) is 16.6 Å². The number of anilines is 1. The van der Waals surface area contributed by atoms with Crippen molar-refractivity contribution >= 4 is 21.7 Å². The number of aromatic nitrogens is 1. The summed E-state index contributed by atoms with van der Waals surface area (Å²) in [5.74, 6) is 1.24. The Morgan fingerprint density at radius 3 is 2.33 bits per heavy atom. The van der Waals surface area contributed by atoms with Crippen LogP contribution in [0.5, 0.6) is 0 Å². The molecular formula is C22H28N4O3S. The number of sulfonamides is 1. The van der Waals surface area contributed by atoms with E-state index in [4.69, 9.17) is 0 Å². The Morgan fingerprint density at radius 2 is 1.73 bits per heavy atom. The van der Waals surface area contributed by atoms with E-state index in [1.165, 1.54) is 4.31 Å². The number of piperazine rings is 1. The number of pyridine rings is 1. The summed E-state index contributed by atoms with van der Waals surface area (Å²) in [4.78, 5) is 21.6. The predicted octanol–water partition coefficient (Wildman–Crippen LogP) is 2.20. The van der Waals surface area contributed by atoms with Crippen LogP contribution < -0.4 is 4.90 Å². The zero-order valence-corrected chi connectivity index (χ0v) is 18.4. The number of nitrogens with zero attached hydrogens (tertiary/aromatic N) is 4. The van der Waals surface area contributed by atoms with E-state index in [1.54, 1.807) is 12.1 Å². The second-order valence-electron chi connectivity index (χ2n) is 8.13. The smallest absolute Gasteiger partial charge is 0.253 e. The van der Waals surface area contributed by atoms with Crippen LogP contribution in [0.1, 0.15) is 33.5 Å². The van der Waals surface area contributed by atoms with E-state index in [1.807, 2.05) is 30.2 Å². The fourth-order valence-electron chi connectivity index (χ4n) is 4.17. The molecule has 1 amide bonds. The second-order valence-corrected chi connectivity index (χ2v) is 10.2. The van der Waals surface area contributed by atoms with Gasteiger partial charge in [0.2, 0.25) is 10.0 Å². The molecular weight excluding hydrogens is 400 g/mol. The van der Waals surface area contributed by atoms with Crippen LogP contribution in [0.15, 0.2) is 36.5 Å². The molecule has 30 heavy (non-hydrogen) atoms. The van der Waals surface area contributed by atoms with Crippen molar-refractivity contribution in [3.05, 3.63) is 58.8 Å². The summed E-state index contributed by atoms with van der Waals surface area (Å²) in [5.41, 5.74) is 3.85. The van der Waals surface area contributed by atoms with Gasteiger partial charge in [0.15, 0.2) is 0 Å². The molecule has 2 saturated heterocycles. The number of aryl methyl sites for hydroxylation is 2. The van der Waals surface area contributed by atoms with Crippen molar-refractivity contribution in [1.29, 1.82) is 0 Å². The summed E-state index contributed by atoms with van der Waals surface area (Å²) in [7, 11) is -3.11. The minimum Gasteiger partial charge on any atom is -0.353 e. The normalized spacial score (nSPS) is 19.3. The highest BCUT2D eigenvalue weighted by atomic mass is 32.2. The van der Waals surface area contributed by atoms with Crippen molar-refractivity contribution < 1.29 is 13.2 Å². The molecule has 1 aromatic carbocycles. The van der Waals surface area contributed by atoms with Gasteiger partial charge in [0, 0.05) is 51.0 Å². The van der Waals surface area contributed by atoms with Crippen LogP contribution in [0, 0.1) is 13.8 Å². The van der Waals surface area contributed by atoms with Crippen molar-refractivity contribution in [3.63, 3.8) is 0 Å². The summed E-state index contributed by atoms with van der Waals surface area (Å²) in [6.45, 7) is 7.88. The predicted molar refractivity (Wildman–Crippen MR) is 117 cm³/mol. The van der Waals surface area contributed by atoms with Gasteiger partial charge >= 0.3 is 0 Å². The third-order valence-corrected chi connectivity index (χ3v) is 7.72. The van der Waals surface area contributed by atoms with Crippen molar-refractivity contribution in [2.24, 2.45) is 0 Å². The number of rotatable bonds is 4. The molecule has 2 aromatic rings. The Kier molecular flexibility index (Phi) is 5.79. The highest BCUT2D eigenvalue weighted by Crippen LogP contribution is 2.21. The number of hydrogen-bond donors (Lipinski definition) is 0. The number of carbonyl (C=O) groups excluding carboxylic acids is 1. The first kappa shape index (κ1) is 20.8. The topological polar surface area (TPSA) is 73.8 Å². The van der Waals surface area contributed by atoms with Gasteiger partial charge in [0.05, 0.1) is 5.75 Å². The molecule has 2 fully saturated rings. The molecule has 0 spiro atoms. The highest BCUT2D eigenvalue weighted by molar-refractivity contribution is 7.89. The van der Waals surface area contributed by atoms with E-state index in [0.29, 0.717) is 38.2 Å². The third-order valence-electron chi connectivity index (χ3n) is 5.82. The molecule has 0 saturated carbocycles. The van der Waals surface area contributed by atoms with Crippen LogP contribution in [0.4, 0.5) is 5.82 Å². The SMILES string of the molecule is Cc1cnc(N2CCN(C(=O)c3ccc(CN4CCCS4(=O)=O)cc3)CC2)c(C)c1. The molecule has 0 aliphatic carbocycles. The summed E-state index contributed by atoms with van der Waals surface area (Å²) < 4.78 is 25.5. The molecule has 160 valence electrons. The molecule has 8 heteroatoms. The van der Waals surface area contributed by atoms with E-state index in [9.17, 15) is 13.2 Å². The van der Waals surface area contributed by atoms with Gasteiger partial charge in [-0.2, -0.15) is 4.31 Å². The molecule has 0 atom stereocenters. The van der Waals surface area contributed by atoms with Gasteiger partial charge < -0.3 is 9.80 Å². The summed E-state index contributed by atoms with van der Waals surface area (Å²) >= 11 is 0. The number of carbonyl (C=O) groups is 1. The average Bonchev–Trinajstić information content (AvgIpc) is 3.06. The van der Waals surface area contributed by atoms with Gasteiger partial charge in [0.25, 0.3) is 5.91 Å². The lowest BCUT2D eigenvalue weighted by atomic mass is 10.1. The lowest BCUT2D eigenvalue weighted by molar-refractivity contribution is 0.0746. The zero-order valence-electron chi connectivity index (χ0n) is 17.5. The molecule has 0 radical (unpaired) electrons. The first-order chi connectivity index (χ1) is 14.3. The highest BCUT2D eigenvalue weighted by Gasteiger charge is 2.28.